The van der Waals surface area contributed by atoms with Crippen molar-refractivity contribution < 1.29 is 14.2 Å². The molecule has 1 saturated heterocycles. The van der Waals surface area contributed by atoms with Crippen LogP contribution in [0, 0.1) is 0 Å². The van der Waals surface area contributed by atoms with Gasteiger partial charge in [0.2, 0.25) is 0 Å². The summed E-state index contributed by atoms with van der Waals surface area (Å²) in [6.45, 7) is 2.07. The molecule has 3 rings (SSSR count). The van der Waals surface area contributed by atoms with Crippen LogP contribution in [-0.2, 0) is 17.9 Å². The predicted molar refractivity (Wildman–Crippen MR) is 91.4 cm³/mol. The fraction of sp³-hybridized carbons (Fsp3) is 0.588. The van der Waals surface area contributed by atoms with Crippen molar-refractivity contribution >= 4 is 0 Å². The molecular weight excluding hydrogens is 322 g/mol. The Morgan fingerprint density at radius 3 is 2.88 bits per heavy atom. The zero-order valence-corrected chi connectivity index (χ0v) is 15.0. The Kier molecular flexibility index (Phi) is 5.83. The second kappa shape index (κ2) is 8.26. The third-order valence-corrected chi connectivity index (χ3v) is 4.46. The van der Waals surface area contributed by atoms with Gasteiger partial charge < -0.3 is 14.2 Å². The minimum Gasteiger partial charge on any atom is -0.493 e. The number of likely N-dealkylation sites (tertiary alicyclic amines) is 1. The smallest absolute Gasteiger partial charge is 0.183 e. The average Bonchev–Trinajstić information content (AvgIpc) is 3.10. The molecule has 1 aliphatic rings. The van der Waals surface area contributed by atoms with Crippen molar-refractivity contribution in [2.24, 2.45) is 0 Å². The van der Waals surface area contributed by atoms with Crippen molar-refractivity contribution in [2.45, 2.75) is 38.5 Å². The molecular formula is C17H25N5O3. The first-order valence-corrected chi connectivity index (χ1v) is 8.46. The summed E-state index contributed by atoms with van der Waals surface area (Å²) in [7, 11) is 4.93. The number of hydrogen-bond acceptors (Lipinski definition) is 7. The maximum Gasteiger partial charge on any atom is 0.183 e. The molecule has 0 radical (unpaired) electrons. The number of methoxy groups -OCH3 is 3. The Balaban J connectivity index is 1.82. The molecule has 0 amide bonds. The van der Waals surface area contributed by atoms with Crippen molar-refractivity contribution in [3.63, 3.8) is 0 Å². The molecule has 136 valence electrons. The first-order valence-electron chi connectivity index (χ1n) is 8.46. The van der Waals surface area contributed by atoms with Gasteiger partial charge in [-0.05, 0) is 19.4 Å². The van der Waals surface area contributed by atoms with Gasteiger partial charge in [-0.15, -0.1) is 0 Å². The zero-order valence-electron chi connectivity index (χ0n) is 15.0. The van der Waals surface area contributed by atoms with Gasteiger partial charge in [-0.2, -0.15) is 5.10 Å². The van der Waals surface area contributed by atoms with Crippen LogP contribution in [0.25, 0.3) is 0 Å². The van der Waals surface area contributed by atoms with Gasteiger partial charge in [0.15, 0.2) is 23.1 Å². The molecule has 1 atom stereocenters. The summed E-state index contributed by atoms with van der Waals surface area (Å²) in [6, 6.07) is 1.97. The molecule has 1 N–H and O–H groups in total. The van der Waals surface area contributed by atoms with Crippen molar-refractivity contribution in [3.8, 4) is 11.5 Å². The quantitative estimate of drug-likeness (QED) is 0.821. The van der Waals surface area contributed by atoms with Crippen LogP contribution in [0.1, 0.15) is 42.6 Å². The number of ether oxygens (including phenoxy) is 3. The lowest BCUT2D eigenvalue weighted by molar-refractivity contribution is 0.130. The maximum absolute atomic E-state index is 5.52. The summed E-state index contributed by atoms with van der Waals surface area (Å²) < 4.78 is 16.0. The highest BCUT2D eigenvalue weighted by Crippen LogP contribution is 2.34. The molecule has 25 heavy (non-hydrogen) atoms. The maximum atomic E-state index is 5.52. The van der Waals surface area contributed by atoms with E-state index in [1.807, 2.05) is 6.07 Å². The highest BCUT2D eigenvalue weighted by molar-refractivity contribution is 5.42. The van der Waals surface area contributed by atoms with Gasteiger partial charge in [0.1, 0.15) is 12.3 Å². The topological polar surface area (TPSA) is 85.4 Å². The van der Waals surface area contributed by atoms with E-state index in [2.05, 4.69) is 25.1 Å². The summed E-state index contributed by atoms with van der Waals surface area (Å²) in [5.41, 5.74) is 0.862. The van der Waals surface area contributed by atoms with Gasteiger partial charge in [-0.25, -0.2) is 4.98 Å². The molecule has 0 spiro atoms. The average molecular weight is 347 g/mol. The van der Waals surface area contributed by atoms with Crippen LogP contribution >= 0.6 is 0 Å². The Hall–Kier alpha value is -2.19. The Morgan fingerprint density at radius 2 is 2.12 bits per heavy atom. The summed E-state index contributed by atoms with van der Waals surface area (Å²) in [6.07, 6.45) is 5.09. The normalized spacial score (nSPS) is 18.3. The molecule has 8 nitrogen and oxygen atoms in total. The van der Waals surface area contributed by atoms with Gasteiger partial charge in [-0.3, -0.25) is 15.0 Å². The number of aromatic amines is 1. The number of rotatable bonds is 7. The molecule has 0 saturated carbocycles. The third kappa shape index (κ3) is 3.91. The molecule has 0 aliphatic carbocycles. The molecule has 0 bridgehead atoms. The number of piperidine rings is 1. The van der Waals surface area contributed by atoms with Crippen LogP contribution in [0.3, 0.4) is 0 Å². The highest BCUT2D eigenvalue weighted by Gasteiger charge is 2.29. The minimum absolute atomic E-state index is 0.160. The van der Waals surface area contributed by atoms with E-state index in [1.165, 1.54) is 0 Å². The fourth-order valence-corrected chi connectivity index (χ4v) is 3.29. The Bertz CT molecular complexity index is 691. The van der Waals surface area contributed by atoms with Crippen LogP contribution in [0.2, 0.25) is 0 Å². The van der Waals surface area contributed by atoms with Gasteiger partial charge in [0.25, 0.3) is 0 Å². The van der Waals surface area contributed by atoms with E-state index in [-0.39, 0.29) is 6.04 Å². The summed E-state index contributed by atoms with van der Waals surface area (Å²) in [4.78, 5) is 11.4. The van der Waals surface area contributed by atoms with Crippen LogP contribution < -0.4 is 9.47 Å². The monoisotopic (exact) mass is 347 g/mol. The van der Waals surface area contributed by atoms with Crippen LogP contribution in [0.15, 0.2) is 12.3 Å². The number of H-pyrrole nitrogens is 1. The van der Waals surface area contributed by atoms with E-state index in [0.717, 1.165) is 43.1 Å². The van der Waals surface area contributed by atoms with Crippen molar-refractivity contribution in [2.75, 3.05) is 27.9 Å². The van der Waals surface area contributed by atoms with Gasteiger partial charge in [0, 0.05) is 25.9 Å². The molecule has 1 aliphatic heterocycles. The standard InChI is InChI=1S/C17H25N5O3/c1-23-11-15-19-17(21-20-15)13-6-4-5-9-22(13)10-12-16(25-3)14(24-2)7-8-18-12/h7-8,13H,4-6,9-11H2,1-3H3,(H,19,20,21)/t13-/m0/s1. The summed E-state index contributed by atoms with van der Waals surface area (Å²) >= 11 is 0. The summed E-state index contributed by atoms with van der Waals surface area (Å²) in [5.74, 6) is 2.94. The van der Waals surface area contributed by atoms with E-state index < -0.39 is 0 Å². The van der Waals surface area contributed by atoms with Crippen molar-refractivity contribution in [3.05, 3.63) is 29.6 Å². The number of nitrogens with zero attached hydrogens (tertiary/aromatic N) is 4. The molecule has 1 fully saturated rings. The first-order chi connectivity index (χ1) is 12.3. The van der Waals surface area contributed by atoms with E-state index in [4.69, 9.17) is 14.2 Å². The second-order valence-corrected chi connectivity index (χ2v) is 6.05. The predicted octanol–water partition coefficient (Wildman–Crippen LogP) is 2.09. The lowest BCUT2D eigenvalue weighted by Gasteiger charge is -2.33. The number of hydrogen-bond donors (Lipinski definition) is 1. The first kappa shape index (κ1) is 17.6. The van der Waals surface area contributed by atoms with E-state index in [9.17, 15) is 0 Å². The molecule has 8 heteroatoms. The lowest BCUT2D eigenvalue weighted by atomic mass is 10.0. The van der Waals surface area contributed by atoms with E-state index in [1.54, 1.807) is 27.5 Å². The lowest BCUT2D eigenvalue weighted by Crippen LogP contribution is -2.34. The molecule has 2 aromatic rings. The highest BCUT2D eigenvalue weighted by atomic mass is 16.5. The van der Waals surface area contributed by atoms with Gasteiger partial charge in [0.05, 0.1) is 20.3 Å². The SMILES string of the molecule is COCc1nc([C@@H]2CCCCN2Cc2nccc(OC)c2OC)n[nH]1. The largest absolute Gasteiger partial charge is 0.493 e. The molecule has 3 heterocycles. The summed E-state index contributed by atoms with van der Waals surface area (Å²) in [5, 5.41) is 7.35. The van der Waals surface area contributed by atoms with E-state index in [0.29, 0.717) is 24.7 Å². The van der Waals surface area contributed by atoms with Gasteiger partial charge >= 0.3 is 0 Å². The van der Waals surface area contributed by atoms with Crippen molar-refractivity contribution in [1.29, 1.82) is 0 Å². The minimum atomic E-state index is 0.160. The number of nitrogens with one attached hydrogen (secondary N) is 1. The molecule has 2 aromatic heterocycles. The fourth-order valence-electron chi connectivity index (χ4n) is 3.29. The third-order valence-electron chi connectivity index (χ3n) is 4.46. The van der Waals surface area contributed by atoms with Crippen LogP contribution in [0.4, 0.5) is 0 Å². The number of pyridine rings is 1. The Morgan fingerprint density at radius 1 is 1.24 bits per heavy atom. The van der Waals surface area contributed by atoms with Crippen LogP contribution in [-0.4, -0.2) is 52.9 Å². The van der Waals surface area contributed by atoms with Crippen molar-refractivity contribution in [1.82, 2.24) is 25.1 Å². The number of aromatic nitrogens is 4. The van der Waals surface area contributed by atoms with E-state index >= 15 is 0 Å². The molecule has 0 aromatic carbocycles. The van der Waals surface area contributed by atoms with Gasteiger partial charge in [-0.1, -0.05) is 6.42 Å². The zero-order chi connectivity index (χ0) is 17.6. The Labute approximate surface area is 147 Å². The van der Waals surface area contributed by atoms with Crippen LogP contribution in [0.5, 0.6) is 11.5 Å². The second-order valence-electron chi connectivity index (χ2n) is 6.05. The molecule has 0 unspecified atom stereocenters.